The topological polar surface area (TPSA) is 41.1 Å². The van der Waals surface area contributed by atoms with Crippen LogP contribution in [0.4, 0.5) is 5.82 Å². The second kappa shape index (κ2) is 5.06. The van der Waals surface area contributed by atoms with Gasteiger partial charge in [0.15, 0.2) is 0 Å². The van der Waals surface area contributed by atoms with E-state index in [9.17, 15) is 0 Å². The molecule has 2 aromatic rings. The van der Waals surface area contributed by atoms with Gasteiger partial charge in [-0.15, -0.1) is 11.3 Å². The van der Waals surface area contributed by atoms with Gasteiger partial charge in [-0.1, -0.05) is 0 Å². The lowest BCUT2D eigenvalue weighted by Gasteiger charge is -2.32. The Morgan fingerprint density at radius 2 is 1.95 bits per heavy atom. The number of hydrogen-bond acceptors (Lipinski definition) is 5. The van der Waals surface area contributed by atoms with Gasteiger partial charge in [0.25, 0.3) is 0 Å². The first-order valence-corrected chi connectivity index (χ1v) is 7.26. The van der Waals surface area contributed by atoms with Gasteiger partial charge < -0.3 is 10.2 Å². The summed E-state index contributed by atoms with van der Waals surface area (Å²) >= 11 is 1.73. The van der Waals surface area contributed by atoms with Crippen LogP contribution in [-0.4, -0.2) is 41.0 Å². The molecule has 0 aliphatic carbocycles. The van der Waals surface area contributed by atoms with Gasteiger partial charge >= 0.3 is 0 Å². The number of hydrogen-bond donors (Lipinski definition) is 1. The van der Waals surface area contributed by atoms with Crippen molar-refractivity contribution in [3.63, 3.8) is 0 Å². The Morgan fingerprint density at radius 1 is 1.26 bits per heavy atom. The summed E-state index contributed by atoms with van der Waals surface area (Å²) in [6.45, 7) is 9.55. The minimum Gasteiger partial charge on any atom is -0.368 e. The van der Waals surface area contributed by atoms with Crippen molar-refractivity contribution >= 4 is 27.4 Å². The highest BCUT2D eigenvalue weighted by atomic mass is 32.1. The number of anilines is 1. The third kappa shape index (κ3) is 2.72. The van der Waals surface area contributed by atoms with Crippen molar-refractivity contribution in [3.05, 3.63) is 16.8 Å². The van der Waals surface area contributed by atoms with E-state index in [1.54, 1.807) is 17.7 Å². The van der Waals surface area contributed by atoms with E-state index in [1.165, 1.54) is 15.8 Å². The molecular weight excluding hydrogens is 256 g/mol. The van der Waals surface area contributed by atoms with Crippen LogP contribution in [0.25, 0.3) is 10.2 Å². The molecule has 0 saturated carbocycles. The van der Waals surface area contributed by atoms with Crippen LogP contribution in [0.1, 0.15) is 24.3 Å². The normalized spacial score (nSPS) is 12.4. The van der Waals surface area contributed by atoms with Crippen molar-refractivity contribution < 1.29 is 0 Å². The van der Waals surface area contributed by atoms with Gasteiger partial charge in [0.05, 0.1) is 5.39 Å². The number of likely N-dealkylation sites (N-methyl/N-ethyl adjacent to an activating group) is 1. The van der Waals surface area contributed by atoms with Crippen LogP contribution in [0.15, 0.2) is 6.33 Å². The molecule has 2 aromatic heterocycles. The lowest BCUT2D eigenvalue weighted by Crippen LogP contribution is -2.44. The van der Waals surface area contributed by atoms with E-state index in [1.807, 2.05) is 0 Å². The van der Waals surface area contributed by atoms with Gasteiger partial charge in [0.2, 0.25) is 0 Å². The fourth-order valence-electron chi connectivity index (χ4n) is 1.77. The van der Waals surface area contributed by atoms with Crippen LogP contribution < -0.4 is 5.32 Å². The van der Waals surface area contributed by atoms with Crippen molar-refractivity contribution in [1.82, 2.24) is 14.9 Å². The van der Waals surface area contributed by atoms with E-state index in [0.29, 0.717) is 0 Å². The van der Waals surface area contributed by atoms with Gasteiger partial charge in [-0.2, -0.15) is 0 Å². The van der Waals surface area contributed by atoms with Gasteiger partial charge in [0.1, 0.15) is 17.0 Å². The Hall–Kier alpha value is -1.20. The summed E-state index contributed by atoms with van der Waals surface area (Å²) in [5, 5.41) is 4.64. The Bertz CT molecular complexity index is 586. The van der Waals surface area contributed by atoms with Crippen molar-refractivity contribution in [3.8, 4) is 0 Å². The van der Waals surface area contributed by atoms with Gasteiger partial charge in [-0.25, -0.2) is 9.97 Å². The highest BCUT2D eigenvalue weighted by Crippen LogP contribution is 2.32. The molecule has 0 unspecified atom stereocenters. The van der Waals surface area contributed by atoms with Crippen LogP contribution in [0, 0.1) is 13.8 Å². The average Bonchev–Trinajstić information content (AvgIpc) is 2.63. The van der Waals surface area contributed by atoms with Crippen molar-refractivity contribution in [2.45, 2.75) is 33.2 Å². The van der Waals surface area contributed by atoms with Gasteiger partial charge in [-0.05, 0) is 47.4 Å². The first-order chi connectivity index (χ1) is 8.83. The standard InChI is InChI=1S/C14H22N4S/c1-9-10(2)19-13-11(9)12(16-8-17-13)15-7-14(3,4)18(5)6/h8H,7H2,1-6H3,(H,15,16,17). The third-order valence-corrected chi connectivity index (χ3v) is 4.98. The quantitative estimate of drug-likeness (QED) is 0.933. The highest BCUT2D eigenvalue weighted by molar-refractivity contribution is 7.18. The summed E-state index contributed by atoms with van der Waals surface area (Å²) in [5.74, 6) is 0.946. The molecule has 0 spiro atoms. The second-order valence-corrected chi connectivity index (χ2v) is 6.95. The molecule has 0 aliphatic heterocycles. The molecule has 0 saturated heterocycles. The lowest BCUT2D eigenvalue weighted by molar-refractivity contribution is 0.210. The Labute approximate surface area is 118 Å². The SMILES string of the molecule is Cc1sc2ncnc(NCC(C)(C)N(C)C)c2c1C. The smallest absolute Gasteiger partial charge is 0.138 e. The number of thiophene rings is 1. The van der Waals surface area contributed by atoms with Gasteiger partial charge in [0, 0.05) is 17.0 Å². The van der Waals surface area contributed by atoms with Crippen LogP contribution in [0.2, 0.25) is 0 Å². The average molecular weight is 278 g/mol. The van der Waals surface area contributed by atoms with Crippen LogP contribution in [0.3, 0.4) is 0 Å². The molecule has 0 bridgehead atoms. The number of aromatic nitrogens is 2. The zero-order chi connectivity index (χ0) is 14.2. The fourth-order valence-corrected chi connectivity index (χ4v) is 2.77. The molecule has 5 heteroatoms. The van der Waals surface area contributed by atoms with Crippen molar-refractivity contribution in [1.29, 1.82) is 0 Å². The number of aryl methyl sites for hydroxylation is 2. The maximum atomic E-state index is 4.41. The fraction of sp³-hybridized carbons (Fsp3) is 0.571. The van der Waals surface area contributed by atoms with Gasteiger partial charge in [-0.3, -0.25) is 0 Å². The molecule has 4 nitrogen and oxygen atoms in total. The molecule has 0 aliphatic rings. The van der Waals surface area contributed by atoms with Crippen LogP contribution >= 0.6 is 11.3 Å². The molecule has 0 atom stereocenters. The molecule has 104 valence electrons. The summed E-state index contributed by atoms with van der Waals surface area (Å²) in [6.07, 6.45) is 1.64. The predicted molar refractivity (Wildman–Crippen MR) is 83.1 cm³/mol. The van der Waals surface area contributed by atoms with E-state index >= 15 is 0 Å². The summed E-state index contributed by atoms with van der Waals surface area (Å²) in [4.78, 5) is 13.4. The molecule has 0 aromatic carbocycles. The Morgan fingerprint density at radius 3 is 2.58 bits per heavy atom. The largest absolute Gasteiger partial charge is 0.368 e. The first-order valence-electron chi connectivity index (χ1n) is 6.45. The number of nitrogens with zero attached hydrogens (tertiary/aromatic N) is 3. The minimum absolute atomic E-state index is 0.0796. The Kier molecular flexibility index (Phi) is 3.78. The third-order valence-electron chi connectivity index (χ3n) is 3.86. The van der Waals surface area contributed by atoms with Crippen LogP contribution in [-0.2, 0) is 0 Å². The van der Waals surface area contributed by atoms with E-state index in [2.05, 4.69) is 62.0 Å². The van der Waals surface area contributed by atoms with Crippen molar-refractivity contribution in [2.75, 3.05) is 26.0 Å². The first kappa shape index (κ1) is 14.2. The maximum Gasteiger partial charge on any atom is 0.138 e. The summed E-state index contributed by atoms with van der Waals surface area (Å²) in [5.41, 5.74) is 1.36. The zero-order valence-electron chi connectivity index (χ0n) is 12.5. The number of nitrogens with one attached hydrogen (secondary N) is 1. The molecule has 19 heavy (non-hydrogen) atoms. The Balaban J connectivity index is 2.31. The highest BCUT2D eigenvalue weighted by Gasteiger charge is 2.21. The van der Waals surface area contributed by atoms with E-state index in [0.717, 1.165) is 17.2 Å². The van der Waals surface area contributed by atoms with Crippen molar-refractivity contribution in [2.24, 2.45) is 0 Å². The molecule has 2 heterocycles. The summed E-state index contributed by atoms with van der Waals surface area (Å²) < 4.78 is 0. The number of fused-ring (bicyclic) bond motifs is 1. The predicted octanol–water partition coefficient (Wildman–Crippen LogP) is 3.06. The second-order valence-electron chi connectivity index (χ2n) is 5.75. The molecule has 0 radical (unpaired) electrons. The molecule has 1 N–H and O–H groups in total. The molecule has 0 amide bonds. The zero-order valence-corrected chi connectivity index (χ0v) is 13.4. The monoisotopic (exact) mass is 278 g/mol. The van der Waals surface area contributed by atoms with E-state index in [-0.39, 0.29) is 5.54 Å². The molecular formula is C14H22N4S. The summed E-state index contributed by atoms with van der Waals surface area (Å²) in [7, 11) is 4.19. The van der Waals surface area contributed by atoms with Crippen LogP contribution in [0.5, 0.6) is 0 Å². The molecule has 0 fully saturated rings. The maximum absolute atomic E-state index is 4.41. The van der Waals surface area contributed by atoms with E-state index < -0.39 is 0 Å². The molecule has 2 rings (SSSR count). The number of rotatable bonds is 4. The minimum atomic E-state index is 0.0796. The van der Waals surface area contributed by atoms with E-state index in [4.69, 9.17) is 0 Å². The summed E-state index contributed by atoms with van der Waals surface area (Å²) in [6, 6.07) is 0. The lowest BCUT2D eigenvalue weighted by atomic mass is 10.0.